The lowest BCUT2D eigenvalue weighted by Crippen LogP contribution is -2.46. The van der Waals surface area contributed by atoms with Gasteiger partial charge in [-0.2, -0.15) is 8.42 Å². The summed E-state index contributed by atoms with van der Waals surface area (Å²) in [5.41, 5.74) is 0.685. The number of amides is 2. The van der Waals surface area contributed by atoms with Gasteiger partial charge in [0.2, 0.25) is 0 Å². The van der Waals surface area contributed by atoms with Crippen LogP contribution in [-0.2, 0) is 16.7 Å². The van der Waals surface area contributed by atoms with Gasteiger partial charge in [-0.25, -0.2) is 4.79 Å². The highest BCUT2D eigenvalue weighted by molar-refractivity contribution is 7.87. The van der Waals surface area contributed by atoms with E-state index in [1.165, 1.54) is 25.3 Å². The Morgan fingerprint density at radius 1 is 1.06 bits per heavy atom. The average Bonchev–Trinajstić information content (AvgIpc) is 2.72. The molecule has 0 bridgehead atoms. The van der Waals surface area contributed by atoms with E-state index in [0.717, 1.165) is 6.42 Å². The minimum atomic E-state index is -4.20. The zero-order valence-electron chi connectivity index (χ0n) is 18.7. The summed E-state index contributed by atoms with van der Waals surface area (Å²) in [6.45, 7) is 7.99. The Kier molecular flexibility index (Phi) is 9.07. The van der Waals surface area contributed by atoms with Gasteiger partial charge in [-0.3, -0.25) is 0 Å². The number of methoxy groups -OCH3 is 1. The number of benzene rings is 2. The summed E-state index contributed by atoms with van der Waals surface area (Å²) in [4.78, 5) is 14.2. The van der Waals surface area contributed by atoms with Crippen LogP contribution in [0, 0.1) is 0 Å². The quantitative estimate of drug-likeness (QED) is 0.458. The molecule has 176 valence electrons. The number of carbonyl (C=O) groups excluding carboxylic acids is 1. The Bertz CT molecular complexity index is 1060. The van der Waals surface area contributed by atoms with Crippen molar-refractivity contribution in [3.63, 3.8) is 0 Å². The molecular formula is C22H28Cl2N2O5S. The maximum Gasteiger partial charge on any atom is 0.339 e. The van der Waals surface area contributed by atoms with Crippen molar-refractivity contribution in [2.24, 2.45) is 0 Å². The first-order valence-corrected chi connectivity index (χ1v) is 12.3. The van der Waals surface area contributed by atoms with E-state index in [2.05, 4.69) is 5.32 Å². The molecule has 0 unspecified atom stereocenters. The Balaban J connectivity index is 2.36. The lowest BCUT2D eigenvalue weighted by molar-refractivity contribution is 0.171. The Hall–Kier alpha value is -2.16. The number of urea groups is 1. The summed E-state index contributed by atoms with van der Waals surface area (Å²) >= 11 is 11.8. The van der Waals surface area contributed by atoms with E-state index in [1.807, 2.05) is 27.7 Å². The van der Waals surface area contributed by atoms with Crippen LogP contribution in [0.2, 0.25) is 10.0 Å². The largest absolute Gasteiger partial charge is 0.493 e. The van der Waals surface area contributed by atoms with Gasteiger partial charge in [0.25, 0.3) is 0 Å². The minimum absolute atomic E-state index is 0.00411. The van der Waals surface area contributed by atoms with Gasteiger partial charge in [0, 0.05) is 18.6 Å². The molecule has 2 rings (SSSR count). The van der Waals surface area contributed by atoms with Crippen LogP contribution >= 0.6 is 23.2 Å². The summed E-state index contributed by atoms with van der Waals surface area (Å²) in [6, 6.07) is 8.57. The van der Waals surface area contributed by atoms with Gasteiger partial charge < -0.3 is 19.1 Å². The van der Waals surface area contributed by atoms with Crippen molar-refractivity contribution in [2.45, 2.75) is 57.6 Å². The molecule has 0 fully saturated rings. The number of hydrogen-bond donors (Lipinski definition) is 1. The predicted octanol–water partition coefficient (Wildman–Crippen LogP) is 5.49. The Labute approximate surface area is 199 Å². The highest BCUT2D eigenvalue weighted by Gasteiger charge is 2.23. The van der Waals surface area contributed by atoms with Crippen molar-refractivity contribution in [3.8, 4) is 11.5 Å². The van der Waals surface area contributed by atoms with Crippen LogP contribution in [-0.4, -0.2) is 38.5 Å². The van der Waals surface area contributed by atoms with Gasteiger partial charge in [0.05, 0.1) is 17.2 Å². The molecule has 0 spiro atoms. The summed E-state index contributed by atoms with van der Waals surface area (Å²) in [7, 11) is -2.79. The monoisotopic (exact) mass is 502 g/mol. The minimum Gasteiger partial charge on any atom is -0.493 e. The van der Waals surface area contributed by atoms with Gasteiger partial charge in [-0.15, -0.1) is 0 Å². The SMILES string of the molecule is CC[C@H](C)N(Cc1ccc(OC)c(OS(=O)(=O)c2ccc(Cl)c(Cl)c2)c1)C(=O)NC(C)C. The molecule has 2 aromatic rings. The molecule has 10 heteroatoms. The lowest BCUT2D eigenvalue weighted by Gasteiger charge is -2.30. The maximum atomic E-state index is 12.8. The summed E-state index contributed by atoms with van der Waals surface area (Å²) in [5.74, 6) is 0.239. The Morgan fingerprint density at radius 2 is 1.75 bits per heavy atom. The van der Waals surface area contributed by atoms with E-state index in [4.69, 9.17) is 32.1 Å². The third-order valence-corrected chi connectivity index (χ3v) is 6.73. The summed E-state index contributed by atoms with van der Waals surface area (Å²) < 4.78 is 36.2. The molecule has 0 aliphatic rings. The lowest BCUT2D eigenvalue weighted by atomic mass is 10.1. The molecule has 0 aliphatic heterocycles. The third-order valence-electron chi connectivity index (χ3n) is 4.76. The van der Waals surface area contributed by atoms with E-state index < -0.39 is 10.1 Å². The third kappa shape index (κ3) is 6.67. The van der Waals surface area contributed by atoms with Crippen LogP contribution in [0.5, 0.6) is 11.5 Å². The second-order valence-corrected chi connectivity index (χ2v) is 9.95. The van der Waals surface area contributed by atoms with Crippen LogP contribution < -0.4 is 14.2 Å². The fourth-order valence-electron chi connectivity index (χ4n) is 2.86. The molecular weight excluding hydrogens is 475 g/mol. The van der Waals surface area contributed by atoms with E-state index in [-0.39, 0.29) is 51.1 Å². The van der Waals surface area contributed by atoms with Crippen LogP contribution in [0.4, 0.5) is 4.79 Å². The van der Waals surface area contributed by atoms with Crippen molar-refractivity contribution < 1.29 is 22.1 Å². The van der Waals surface area contributed by atoms with Crippen LogP contribution in [0.3, 0.4) is 0 Å². The molecule has 0 aliphatic carbocycles. The van der Waals surface area contributed by atoms with E-state index in [0.29, 0.717) is 5.56 Å². The fourth-order valence-corrected chi connectivity index (χ4v) is 4.18. The topological polar surface area (TPSA) is 84.9 Å². The first kappa shape index (κ1) is 26.1. The first-order chi connectivity index (χ1) is 15.0. The number of nitrogens with one attached hydrogen (secondary N) is 1. The molecule has 0 radical (unpaired) electrons. The molecule has 0 saturated heterocycles. The summed E-state index contributed by atoms with van der Waals surface area (Å²) in [5, 5.41) is 3.22. The maximum absolute atomic E-state index is 12.8. The number of nitrogens with zero attached hydrogens (tertiary/aromatic N) is 1. The van der Waals surface area contributed by atoms with Crippen molar-refractivity contribution in [1.29, 1.82) is 0 Å². The molecule has 0 aromatic heterocycles. The smallest absolute Gasteiger partial charge is 0.339 e. The Morgan fingerprint density at radius 3 is 2.31 bits per heavy atom. The number of halogens is 2. The molecule has 1 atom stereocenters. The molecule has 2 aromatic carbocycles. The highest BCUT2D eigenvalue weighted by Crippen LogP contribution is 2.33. The van der Waals surface area contributed by atoms with Crippen LogP contribution in [0.25, 0.3) is 0 Å². The number of rotatable bonds is 9. The molecule has 2 amide bonds. The number of hydrogen-bond acceptors (Lipinski definition) is 5. The fraction of sp³-hybridized carbons (Fsp3) is 0.409. The van der Waals surface area contributed by atoms with Crippen molar-refractivity contribution in [2.75, 3.05) is 7.11 Å². The van der Waals surface area contributed by atoms with E-state index in [1.54, 1.807) is 23.1 Å². The molecule has 7 nitrogen and oxygen atoms in total. The van der Waals surface area contributed by atoms with Gasteiger partial charge >= 0.3 is 16.1 Å². The van der Waals surface area contributed by atoms with E-state index >= 15 is 0 Å². The van der Waals surface area contributed by atoms with Gasteiger partial charge in [-0.1, -0.05) is 36.2 Å². The van der Waals surface area contributed by atoms with E-state index in [9.17, 15) is 13.2 Å². The molecule has 0 saturated carbocycles. The second kappa shape index (κ2) is 11.1. The van der Waals surface area contributed by atoms with Gasteiger partial charge in [0.1, 0.15) is 4.90 Å². The zero-order chi connectivity index (χ0) is 24.1. The highest BCUT2D eigenvalue weighted by atomic mass is 35.5. The zero-order valence-corrected chi connectivity index (χ0v) is 21.0. The molecule has 0 heterocycles. The average molecular weight is 503 g/mol. The van der Waals surface area contributed by atoms with Crippen molar-refractivity contribution in [1.82, 2.24) is 10.2 Å². The number of ether oxygens (including phenoxy) is 1. The van der Waals surface area contributed by atoms with Gasteiger partial charge in [0.15, 0.2) is 11.5 Å². The number of carbonyl (C=O) groups is 1. The first-order valence-electron chi connectivity index (χ1n) is 10.1. The van der Waals surface area contributed by atoms with Crippen LogP contribution in [0.1, 0.15) is 39.7 Å². The van der Waals surface area contributed by atoms with Crippen LogP contribution in [0.15, 0.2) is 41.3 Å². The molecule has 1 N–H and O–H groups in total. The van der Waals surface area contributed by atoms with Crippen molar-refractivity contribution in [3.05, 3.63) is 52.0 Å². The van der Waals surface area contributed by atoms with Gasteiger partial charge in [-0.05, 0) is 63.1 Å². The standard InChI is InChI=1S/C22H28Cl2N2O5S/c1-6-15(4)26(22(27)25-14(2)3)13-16-7-10-20(30-5)21(11-16)31-32(28,29)17-8-9-18(23)19(24)12-17/h7-12,14-15H,6,13H2,1-5H3,(H,25,27)/t15-/m0/s1. The normalized spacial score (nSPS) is 12.4. The van der Waals surface area contributed by atoms with Crippen molar-refractivity contribution >= 4 is 39.4 Å². The summed E-state index contributed by atoms with van der Waals surface area (Å²) in [6.07, 6.45) is 0.761. The second-order valence-electron chi connectivity index (χ2n) is 7.59. The molecule has 32 heavy (non-hydrogen) atoms. The predicted molar refractivity (Wildman–Crippen MR) is 126 cm³/mol.